The highest BCUT2D eigenvalue weighted by molar-refractivity contribution is 7.27. The SMILES string of the molecule is c1ccc(-c2nc(-c3ccccc3)nc(-c3ccc(-c4ccccc4)c4sc5c(-c6ccc7c(c6)c6ccccc6n7-c6ccccc6)cccc5c34)n2)cc1. The Bertz CT molecular complexity index is 3170. The van der Waals surface area contributed by atoms with Gasteiger partial charge in [0.2, 0.25) is 0 Å². The molecule has 0 aliphatic heterocycles. The molecule has 0 spiro atoms. The van der Waals surface area contributed by atoms with Gasteiger partial charge in [-0.05, 0) is 58.7 Å². The molecular formula is C51H32N4S. The first kappa shape index (κ1) is 32.2. The molecule has 0 N–H and O–H groups in total. The van der Waals surface area contributed by atoms with Gasteiger partial charge < -0.3 is 4.57 Å². The molecule has 3 heterocycles. The van der Waals surface area contributed by atoms with Crippen molar-refractivity contribution in [1.82, 2.24) is 19.5 Å². The van der Waals surface area contributed by atoms with Crippen LogP contribution in [0, 0.1) is 0 Å². The summed E-state index contributed by atoms with van der Waals surface area (Å²) in [7, 11) is 0. The number of para-hydroxylation sites is 2. The first-order valence-electron chi connectivity index (χ1n) is 18.8. The Hall–Kier alpha value is -7.21. The third-order valence-corrected chi connectivity index (χ3v) is 11.9. The molecule has 56 heavy (non-hydrogen) atoms. The van der Waals surface area contributed by atoms with Crippen LogP contribution >= 0.6 is 11.3 Å². The van der Waals surface area contributed by atoms with Gasteiger partial charge in [-0.1, -0.05) is 158 Å². The molecule has 11 rings (SSSR count). The van der Waals surface area contributed by atoms with E-state index in [0.717, 1.165) is 27.8 Å². The Morgan fingerprint density at radius 2 is 0.875 bits per heavy atom. The predicted molar refractivity (Wildman–Crippen MR) is 234 cm³/mol. The van der Waals surface area contributed by atoms with Crippen LogP contribution < -0.4 is 0 Å². The van der Waals surface area contributed by atoms with Gasteiger partial charge in [0, 0.05) is 53.3 Å². The van der Waals surface area contributed by atoms with Crippen LogP contribution in [0.1, 0.15) is 0 Å². The van der Waals surface area contributed by atoms with E-state index in [0.29, 0.717) is 17.5 Å². The van der Waals surface area contributed by atoms with E-state index in [4.69, 9.17) is 15.0 Å². The van der Waals surface area contributed by atoms with Crippen LogP contribution in [0.3, 0.4) is 0 Å². The molecule has 4 nitrogen and oxygen atoms in total. The van der Waals surface area contributed by atoms with Crippen molar-refractivity contribution in [3.05, 3.63) is 194 Å². The summed E-state index contributed by atoms with van der Waals surface area (Å²) in [6.07, 6.45) is 0. The summed E-state index contributed by atoms with van der Waals surface area (Å²) in [5.41, 5.74) is 11.2. The second kappa shape index (κ2) is 13.3. The van der Waals surface area contributed by atoms with Gasteiger partial charge in [0.15, 0.2) is 17.5 Å². The zero-order valence-corrected chi connectivity index (χ0v) is 31.0. The summed E-state index contributed by atoms with van der Waals surface area (Å²) in [5, 5.41) is 4.81. The zero-order valence-electron chi connectivity index (χ0n) is 30.2. The zero-order chi connectivity index (χ0) is 37.0. The number of hydrogen-bond donors (Lipinski definition) is 0. The van der Waals surface area contributed by atoms with Crippen LogP contribution in [-0.2, 0) is 0 Å². The average molecular weight is 733 g/mol. The van der Waals surface area contributed by atoms with Gasteiger partial charge in [0.1, 0.15) is 0 Å². The van der Waals surface area contributed by atoms with E-state index in [-0.39, 0.29) is 0 Å². The molecule has 0 aliphatic rings. The van der Waals surface area contributed by atoms with E-state index >= 15 is 0 Å². The van der Waals surface area contributed by atoms with E-state index in [9.17, 15) is 0 Å². The van der Waals surface area contributed by atoms with E-state index in [1.807, 2.05) is 47.7 Å². The van der Waals surface area contributed by atoms with Crippen molar-refractivity contribution >= 4 is 53.3 Å². The van der Waals surface area contributed by atoms with Gasteiger partial charge in [0.25, 0.3) is 0 Å². The molecule has 3 aromatic heterocycles. The lowest BCUT2D eigenvalue weighted by Gasteiger charge is -2.11. The van der Waals surface area contributed by atoms with Crippen LogP contribution in [0.15, 0.2) is 194 Å². The monoisotopic (exact) mass is 732 g/mol. The largest absolute Gasteiger partial charge is 0.309 e. The number of aromatic nitrogens is 4. The maximum atomic E-state index is 5.19. The van der Waals surface area contributed by atoms with E-state index in [1.165, 1.54) is 58.8 Å². The van der Waals surface area contributed by atoms with Crippen LogP contribution in [-0.4, -0.2) is 19.5 Å². The number of thiophene rings is 1. The van der Waals surface area contributed by atoms with Gasteiger partial charge in [-0.2, -0.15) is 0 Å². The van der Waals surface area contributed by atoms with E-state index in [1.54, 1.807) is 0 Å². The van der Waals surface area contributed by atoms with Gasteiger partial charge in [-0.25, -0.2) is 15.0 Å². The van der Waals surface area contributed by atoms with Gasteiger partial charge in [-0.15, -0.1) is 11.3 Å². The van der Waals surface area contributed by atoms with Crippen molar-refractivity contribution in [2.24, 2.45) is 0 Å². The van der Waals surface area contributed by atoms with Crippen LogP contribution in [0.25, 0.3) is 104 Å². The summed E-state index contributed by atoms with van der Waals surface area (Å²) < 4.78 is 4.81. The summed E-state index contributed by atoms with van der Waals surface area (Å²) in [6.45, 7) is 0. The van der Waals surface area contributed by atoms with Crippen molar-refractivity contribution < 1.29 is 0 Å². The topological polar surface area (TPSA) is 43.6 Å². The van der Waals surface area contributed by atoms with Crippen LogP contribution in [0.2, 0.25) is 0 Å². The molecule has 0 unspecified atom stereocenters. The molecule has 0 fully saturated rings. The second-order valence-electron chi connectivity index (χ2n) is 14.0. The molecule has 0 atom stereocenters. The fraction of sp³-hybridized carbons (Fsp3) is 0. The molecule has 0 aliphatic carbocycles. The van der Waals surface area contributed by atoms with Crippen LogP contribution in [0.5, 0.6) is 0 Å². The molecular weight excluding hydrogens is 701 g/mol. The molecule has 262 valence electrons. The molecule has 0 amide bonds. The minimum atomic E-state index is 0.651. The van der Waals surface area contributed by atoms with Crippen molar-refractivity contribution in [3.8, 4) is 62.1 Å². The van der Waals surface area contributed by atoms with E-state index in [2.05, 4.69) is 162 Å². The lowest BCUT2D eigenvalue weighted by atomic mass is 9.96. The maximum Gasteiger partial charge on any atom is 0.164 e. The predicted octanol–water partition coefficient (Wildman–Crippen LogP) is 13.7. The normalized spacial score (nSPS) is 11.6. The summed E-state index contributed by atoms with van der Waals surface area (Å²) >= 11 is 1.85. The number of benzene rings is 8. The fourth-order valence-electron chi connectivity index (χ4n) is 8.09. The van der Waals surface area contributed by atoms with Crippen molar-refractivity contribution in [2.45, 2.75) is 0 Å². The summed E-state index contributed by atoms with van der Waals surface area (Å²) in [4.78, 5) is 15.4. The smallest absolute Gasteiger partial charge is 0.164 e. The number of nitrogens with zero attached hydrogens (tertiary/aromatic N) is 4. The van der Waals surface area contributed by atoms with Crippen molar-refractivity contribution in [2.75, 3.05) is 0 Å². The van der Waals surface area contributed by atoms with Crippen molar-refractivity contribution in [3.63, 3.8) is 0 Å². The molecule has 0 saturated heterocycles. The Morgan fingerprint density at radius 3 is 1.57 bits per heavy atom. The minimum absolute atomic E-state index is 0.651. The standard InChI is InChI=1S/C51H32N4S/c1-5-16-33(17-6-1)39-29-30-42(51-53-49(34-18-7-2-8-19-34)52-50(54-51)35-20-9-3-10-21-35)46-41-26-15-25-38(47(41)56-48(39)46)36-28-31-45-43(32-36)40-24-13-14-27-44(40)55(45)37-22-11-4-12-23-37/h1-32H. The van der Waals surface area contributed by atoms with Gasteiger partial charge in [-0.3, -0.25) is 0 Å². The average Bonchev–Trinajstić information content (AvgIpc) is 3.83. The lowest BCUT2D eigenvalue weighted by Crippen LogP contribution is -2.00. The molecule has 0 radical (unpaired) electrons. The molecule has 11 aromatic rings. The van der Waals surface area contributed by atoms with Crippen molar-refractivity contribution in [1.29, 1.82) is 0 Å². The second-order valence-corrected chi connectivity index (χ2v) is 15.0. The highest BCUT2D eigenvalue weighted by Gasteiger charge is 2.22. The molecule has 0 saturated carbocycles. The highest BCUT2D eigenvalue weighted by Crippen LogP contribution is 2.48. The van der Waals surface area contributed by atoms with Crippen LogP contribution in [0.4, 0.5) is 0 Å². The molecule has 0 bridgehead atoms. The van der Waals surface area contributed by atoms with E-state index < -0.39 is 0 Å². The summed E-state index contributed by atoms with van der Waals surface area (Å²) in [5.74, 6) is 1.96. The number of hydrogen-bond acceptors (Lipinski definition) is 4. The Morgan fingerprint density at radius 1 is 0.339 bits per heavy atom. The third kappa shape index (κ3) is 5.32. The Labute approximate surface area is 327 Å². The molecule has 5 heteroatoms. The Balaban J connectivity index is 1.17. The quantitative estimate of drug-likeness (QED) is 0.171. The maximum absolute atomic E-state index is 5.19. The third-order valence-electron chi connectivity index (χ3n) is 10.7. The first-order valence-corrected chi connectivity index (χ1v) is 19.6. The summed E-state index contributed by atoms with van der Waals surface area (Å²) in [6, 6.07) is 68.5. The minimum Gasteiger partial charge on any atom is -0.309 e. The number of fused-ring (bicyclic) bond motifs is 6. The first-order chi connectivity index (χ1) is 27.8. The van der Waals surface area contributed by atoms with Gasteiger partial charge >= 0.3 is 0 Å². The lowest BCUT2D eigenvalue weighted by molar-refractivity contribution is 1.08. The fourth-order valence-corrected chi connectivity index (χ4v) is 9.48. The number of rotatable bonds is 6. The molecule has 8 aromatic carbocycles. The Kier molecular flexibility index (Phi) is 7.64. The highest BCUT2D eigenvalue weighted by atomic mass is 32.1. The van der Waals surface area contributed by atoms with Gasteiger partial charge in [0.05, 0.1) is 11.0 Å².